The first-order chi connectivity index (χ1) is 12.8. The summed E-state index contributed by atoms with van der Waals surface area (Å²) in [4.78, 5) is 18.8. The number of benzene rings is 1. The van der Waals surface area contributed by atoms with Gasteiger partial charge in [0.05, 0.1) is 15.9 Å². The highest BCUT2D eigenvalue weighted by atomic mass is 79.9. The number of amides is 1. The molecule has 1 amide bonds. The minimum absolute atomic E-state index is 0.193. The second kappa shape index (κ2) is 6.76. The normalized spacial score (nSPS) is 17.1. The van der Waals surface area contributed by atoms with E-state index in [9.17, 15) is 9.18 Å². The molecule has 0 saturated carbocycles. The molecule has 3 heterocycles. The molecule has 0 aliphatic carbocycles. The maximum Gasteiger partial charge on any atom is 0.249 e. The monoisotopic (exact) mass is 451 g/mol. The number of fused-ring (bicyclic) bond motifs is 1. The van der Waals surface area contributed by atoms with E-state index in [2.05, 4.69) is 31.3 Å². The van der Waals surface area contributed by atoms with Gasteiger partial charge < -0.3 is 10.2 Å². The summed E-state index contributed by atoms with van der Waals surface area (Å²) in [6.07, 6.45) is 0.547. The third kappa shape index (κ3) is 3.17. The summed E-state index contributed by atoms with van der Waals surface area (Å²) >= 11 is 9.30. The van der Waals surface area contributed by atoms with E-state index in [4.69, 9.17) is 11.6 Å². The van der Waals surface area contributed by atoms with Gasteiger partial charge in [0.25, 0.3) is 0 Å². The topological polar surface area (TPSA) is 62.5 Å². The van der Waals surface area contributed by atoms with E-state index in [0.717, 1.165) is 15.9 Å². The summed E-state index contributed by atoms with van der Waals surface area (Å²) in [5.74, 6) is -0.0323. The Balaban J connectivity index is 1.64. The van der Waals surface area contributed by atoms with Gasteiger partial charge in [-0.1, -0.05) is 11.6 Å². The van der Waals surface area contributed by atoms with Gasteiger partial charge in [0.1, 0.15) is 17.7 Å². The van der Waals surface area contributed by atoms with Crippen molar-refractivity contribution >= 4 is 50.6 Å². The van der Waals surface area contributed by atoms with Crippen LogP contribution < -0.4 is 10.2 Å². The number of nitrogens with one attached hydrogen (secondary N) is 1. The van der Waals surface area contributed by atoms with Crippen molar-refractivity contribution in [2.24, 2.45) is 0 Å². The molecule has 1 unspecified atom stereocenters. The van der Waals surface area contributed by atoms with Crippen LogP contribution in [0.25, 0.3) is 5.65 Å². The molecule has 1 N–H and O–H groups in total. The van der Waals surface area contributed by atoms with Crippen molar-refractivity contribution in [3.63, 3.8) is 0 Å². The van der Waals surface area contributed by atoms with Gasteiger partial charge in [-0.05, 0) is 54.4 Å². The maximum atomic E-state index is 14.2. The molecule has 1 aliphatic heterocycles. The number of hydrogen-bond donors (Lipinski definition) is 1. The lowest BCUT2D eigenvalue weighted by atomic mass is 10.2. The van der Waals surface area contributed by atoms with Crippen LogP contribution in [0, 0.1) is 19.7 Å². The van der Waals surface area contributed by atoms with E-state index < -0.39 is 11.9 Å². The van der Waals surface area contributed by atoms with E-state index in [-0.39, 0.29) is 11.6 Å². The van der Waals surface area contributed by atoms with Gasteiger partial charge in [-0.25, -0.2) is 9.37 Å². The zero-order valence-electron chi connectivity index (χ0n) is 14.6. The predicted octanol–water partition coefficient (Wildman–Crippen LogP) is 4.12. The summed E-state index contributed by atoms with van der Waals surface area (Å²) in [5, 5.41) is 8.01. The van der Waals surface area contributed by atoms with Gasteiger partial charge >= 0.3 is 0 Å². The molecule has 2 aromatic heterocycles. The van der Waals surface area contributed by atoms with Crippen LogP contribution in [0.2, 0.25) is 5.02 Å². The van der Waals surface area contributed by atoms with Crippen molar-refractivity contribution in [1.29, 1.82) is 0 Å². The molecular weight excluding hydrogens is 437 g/mol. The third-order valence-corrected chi connectivity index (χ3v) is 5.71. The number of hydrogen-bond acceptors (Lipinski definition) is 4. The SMILES string of the molecule is Cc1cc(NC2CCN(c3ccc(Cl)cc3F)C2=O)n2nc(C)c(Br)c2n1. The van der Waals surface area contributed by atoms with Crippen molar-refractivity contribution in [3.8, 4) is 0 Å². The zero-order valence-corrected chi connectivity index (χ0v) is 17.0. The van der Waals surface area contributed by atoms with Crippen LogP contribution in [0.3, 0.4) is 0 Å². The van der Waals surface area contributed by atoms with E-state index in [0.29, 0.717) is 29.5 Å². The Kier molecular flexibility index (Phi) is 4.55. The lowest BCUT2D eigenvalue weighted by Crippen LogP contribution is -2.34. The number of carbonyl (C=O) groups is 1. The Hall–Kier alpha value is -2.19. The minimum atomic E-state index is -0.509. The van der Waals surface area contributed by atoms with Crippen LogP contribution in [0.5, 0.6) is 0 Å². The maximum absolute atomic E-state index is 14.2. The van der Waals surface area contributed by atoms with Crippen molar-refractivity contribution in [2.75, 3.05) is 16.8 Å². The zero-order chi connectivity index (χ0) is 19.3. The average Bonchev–Trinajstić information content (AvgIpc) is 3.10. The van der Waals surface area contributed by atoms with Gasteiger partial charge in [-0.15, -0.1) is 0 Å². The number of aromatic nitrogens is 3. The van der Waals surface area contributed by atoms with Crippen LogP contribution in [0.4, 0.5) is 15.9 Å². The lowest BCUT2D eigenvalue weighted by molar-refractivity contribution is -0.117. The van der Waals surface area contributed by atoms with Gasteiger partial charge in [-0.2, -0.15) is 9.61 Å². The highest BCUT2D eigenvalue weighted by Gasteiger charge is 2.34. The Bertz CT molecular complexity index is 1070. The van der Waals surface area contributed by atoms with Gasteiger partial charge in [0.15, 0.2) is 5.65 Å². The predicted molar refractivity (Wildman–Crippen MR) is 106 cm³/mol. The number of aryl methyl sites for hydroxylation is 2. The molecule has 3 aromatic rings. The highest BCUT2D eigenvalue weighted by molar-refractivity contribution is 9.10. The first kappa shape index (κ1) is 18.2. The number of rotatable bonds is 3. The van der Waals surface area contributed by atoms with E-state index in [1.807, 2.05) is 19.9 Å². The molecule has 0 radical (unpaired) electrons. The standard InChI is InChI=1S/C18H16BrClFN5O/c1-9-7-15(26-17(22-9)16(19)10(2)24-26)23-13-5-6-25(18(13)27)14-4-3-11(20)8-12(14)21/h3-4,7-8,13,23H,5-6H2,1-2H3. The Labute approximate surface area is 168 Å². The first-order valence-corrected chi connectivity index (χ1v) is 9.57. The summed E-state index contributed by atoms with van der Waals surface area (Å²) in [7, 11) is 0. The van der Waals surface area contributed by atoms with Gasteiger partial charge in [-0.3, -0.25) is 4.79 Å². The van der Waals surface area contributed by atoms with Crippen LogP contribution >= 0.6 is 27.5 Å². The summed E-state index contributed by atoms with van der Waals surface area (Å²) < 4.78 is 16.7. The number of halogens is 3. The smallest absolute Gasteiger partial charge is 0.249 e. The van der Waals surface area contributed by atoms with E-state index in [1.165, 1.54) is 17.0 Å². The molecule has 9 heteroatoms. The molecular formula is C18H16BrClFN5O. The first-order valence-electron chi connectivity index (χ1n) is 8.40. The van der Waals surface area contributed by atoms with Crippen molar-refractivity contribution < 1.29 is 9.18 Å². The van der Waals surface area contributed by atoms with Gasteiger partial charge in [0, 0.05) is 23.3 Å². The molecule has 1 atom stereocenters. The minimum Gasteiger partial charge on any atom is -0.358 e. The van der Waals surface area contributed by atoms with Crippen LogP contribution in [-0.2, 0) is 4.79 Å². The molecule has 140 valence electrons. The molecule has 1 saturated heterocycles. The molecule has 27 heavy (non-hydrogen) atoms. The molecule has 1 fully saturated rings. The summed E-state index contributed by atoms with van der Waals surface area (Å²) in [5.41, 5.74) is 2.53. The fourth-order valence-corrected chi connectivity index (χ4v) is 3.75. The Morgan fingerprint density at radius 1 is 1.33 bits per heavy atom. The third-order valence-electron chi connectivity index (χ3n) is 4.55. The van der Waals surface area contributed by atoms with E-state index >= 15 is 0 Å². The summed E-state index contributed by atoms with van der Waals surface area (Å²) in [6.45, 7) is 4.18. The molecule has 1 aromatic carbocycles. The lowest BCUT2D eigenvalue weighted by Gasteiger charge is -2.19. The fraction of sp³-hybridized carbons (Fsp3) is 0.278. The largest absolute Gasteiger partial charge is 0.358 e. The Morgan fingerprint density at radius 2 is 2.11 bits per heavy atom. The molecule has 4 rings (SSSR count). The second-order valence-electron chi connectivity index (χ2n) is 6.49. The van der Waals surface area contributed by atoms with Crippen molar-refractivity contribution in [3.05, 3.63) is 51.0 Å². The average molecular weight is 453 g/mol. The van der Waals surface area contributed by atoms with Crippen LogP contribution in [0.15, 0.2) is 28.7 Å². The van der Waals surface area contributed by atoms with Crippen molar-refractivity contribution in [2.45, 2.75) is 26.3 Å². The van der Waals surface area contributed by atoms with E-state index in [1.54, 1.807) is 10.6 Å². The quantitative estimate of drug-likeness (QED) is 0.649. The van der Waals surface area contributed by atoms with Crippen molar-refractivity contribution in [1.82, 2.24) is 14.6 Å². The second-order valence-corrected chi connectivity index (χ2v) is 7.72. The molecule has 0 bridgehead atoms. The molecule has 6 nitrogen and oxygen atoms in total. The van der Waals surface area contributed by atoms with Crippen LogP contribution in [-0.4, -0.2) is 33.1 Å². The number of anilines is 2. The number of carbonyl (C=O) groups excluding carboxylic acids is 1. The molecule has 0 spiro atoms. The Morgan fingerprint density at radius 3 is 2.85 bits per heavy atom. The van der Waals surface area contributed by atoms with Gasteiger partial charge in [0.2, 0.25) is 5.91 Å². The number of nitrogens with zero attached hydrogens (tertiary/aromatic N) is 4. The fourth-order valence-electron chi connectivity index (χ4n) is 3.25. The van der Waals surface area contributed by atoms with Crippen LogP contribution in [0.1, 0.15) is 17.8 Å². The molecule has 1 aliphatic rings. The summed E-state index contributed by atoms with van der Waals surface area (Å²) in [6, 6.07) is 5.68. The highest BCUT2D eigenvalue weighted by Crippen LogP contribution is 2.29.